The van der Waals surface area contributed by atoms with Crippen molar-refractivity contribution in [1.82, 2.24) is 0 Å². The maximum Gasteiger partial charge on any atom is 0.363 e. The van der Waals surface area contributed by atoms with E-state index < -0.39 is 11.8 Å². The lowest BCUT2D eigenvalue weighted by molar-refractivity contribution is -0.129. The number of carbonyl (C=O) groups excluding carboxylic acids is 1. The quantitative estimate of drug-likeness (QED) is 0.324. The van der Waals surface area contributed by atoms with Crippen LogP contribution in [0.2, 0.25) is 0 Å². The molecule has 4 rings (SSSR count). The lowest BCUT2D eigenvalue weighted by atomic mass is 10.1. The lowest BCUT2D eigenvalue weighted by Gasteiger charge is -2.14. The molecule has 0 spiro atoms. The molecule has 0 saturated carbocycles. The highest BCUT2D eigenvalue weighted by Gasteiger charge is 2.26. The summed E-state index contributed by atoms with van der Waals surface area (Å²) < 4.78 is 44.7. The molecular formula is C24H16BrF2NO4. The summed E-state index contributed by atoms with van der Waals surface area (Å²) in [5, 5.41) is 0. The molecule has 3 aromatic rings. The molecule has 0 saturated heterocycles. The summed E-state index contributed by atoms with van der Waals surface area (Å²) in [5.41, 5.74) is 1.07. The molecule has 3 aromatic carbocycles. The summed E-state index contributed by atoms with van der Waals surface area (Å²) in [6.45, 7) is 0.00465. The zero-order valence-electron chi connectivity index (χ0n) is 16.8. The molecule has 0 aromatic heterocycles. The van der Waals surface area contributed by atoms with Crippen molar-refractivity contribution in [3.8, 4) is 11.5 Å². The van der Waals surface area contributed by atoms with Gasteiger partial charge in [-0.15, -0.1) is 0 Å². The van der Waals surface area contributed by atoms with Gasteiger partial charge in [0.1, 0.15) is 18.2 Å². The van der Waals surface area contributed by atoms with Gasteiger partial charge < -0.3 is 14.2 Å². The summed E-state index contributed by atoms with van der Waals surface area (Å²) >= 11 is 3.42. The van der Waals surface area contributed by atoms with E-state index in [2.05, 4.69) is 20.9 Å². The number of methoxy groups -OCH3 is 1. The smallest absolute Gasteiger partial charge is 0.363 e. The van der Waals surface area contributed by atoms with Gasteiger partial charge in [-0.25, -0.2) is 18.6 Å². The Morgan fingerprint density at radius 3 is 2.50 bits per heavy atom. The maximum atomic E-state index is 14.0. The monoisotopic (exact) mass is 499 g/mol. The molecule has 0 aliphatic carbocycles. The van der Waals surface area contributed by atoms with Crippen LogP contribution in [-0.4, -0.2) is 19.0 Å². The second kappa shape index (κ2) is 9.32. The van der Waals surface area contributed by atoms with Gasteiger partial charge in [0.05, 0.1) is 17.1 Å². The van der Waals surface area contributed by atoms with Gasteiger partial charge in [-0.1, -0.05) is 30.3 Å². The highest BCUT2D eigenvalue weighted by Crippen LogP contribution is 2.38. The predicted molar refractivity (Wildman–Crippen MR) is 118 cm³/mol. The molecule has 0 fully saturated rings. The van der Waals surface area contributed by atoms with Crippen molar-refractivity contribution < 1.29 is 27.8 Å². The molecule has 1 heterocycles. The first-order valence-electron chi connectivity index (χ1n) is 9.47. The number of cyclic esters (lactones) is 1. The summed E-state index contributed by atoms with van der Waals surface area (Å²) in [5.74, 6) is -0.962. The fourth-order valence-electron chi connectivity index (χ4n) is 3.05. The highest BCUT2D eigenvalue weighted by atomic mass is 79.9. The fourth-order valence-corrected chi connectivity index (χ4v) is 3.62. The number of hydrogen-bond donors (Lipinski definition) is 0. The van der Waals surface area contributed by atoms with Gasteiger partial charge >= 0.3 is 5.97 Å². The van der Waals surface area contributed by atoms with Crippen molar-refractivity contribution in [2.75, 3.05) is 7.11 Å². The molecule has 0 atom stereocenters. The third-order valence-electron chi connectivity index (χ3n) is 4.61. The van der Waals surface area contributed by atoms with Crippen molar-refractivity contribution in [2.24, 2.45) is 4.99 Å². The van der Waals surface area contributed by atoms with Crippen LogP contribution in [0.3, 0.4) is 0 Å². The molecule has 5 nitrogen and oxygen atoms in total. The number of aliphatic imine (C=N–C) groups is 1. The molecule has 1 aliphatic rings. The van der Waals surface area contributed by atoms with Crippen LogP contribution in [0.4, 0.5) is 8.78 Å². The molecule has 32 heavy (non-hydrogen) atoms. The second-order valence-electron chi connectivity index (χ2n) is 6.73. The van der Waals surface area contributed by atoms with E-state index in [9.17, 15) is 13.6 Å². The molecule has 0 unspecified atom stereocenters. The Hall–Kier alpha value is -3.52. The van der Waals surface area contributed by atoms with E-state index in [1.165, 1.54) is 37.5 Å². The van der Waals surface area contributed by atoms with E-state index in [-0.39, 0.29) is 29.6 Å². The van der Waals surface area contributed by atoms with Crippen molar-refractivity contribution in [3.63, 3.8) is 0 Å². The highest BCUT2D eigenvalue weighted by molar-refractivity contribution is 9.10. The van der Waals surface area contributed by atoms with Gasteiger partial charge in [-0.05, 0) is 57.9 Å². The molecule has 0 amide bonds. The number of benzene rings is 3. The number of halogens is 3. The van der Waals surface area contributed by atoms with Crippen LogP contribution >= 0.6 is 15.9 Å². The molecule has 0 radical (unpaired) electrons. The third-order valence-corrected chi connectivity index (χ3v) is 5.20. The van der Waals surface area contributed by atoms with Gasteiger partial charge in [-0.2, -0.15) is 0 Å². The Bertz CT molecular complexity index is 1260. The number of rotatable bonds is 6. The van der Waals surface area contributed by atoms with Crippen LogP contribution in [-0.2, 0) is 16.1 Å². The normalized spacial score (nSPS) is 14.3. The van der Waals surface area contributed by atoms with Crippen molar-refractivity contribution in [2.45, 2.75) is 6.61 Å². The van der Waals surface area contributed by atoms with E-state index in [0.717, 1.165) is 0 Å². The Morgan fingerprint density at radius 1 is 1.06 bits per heavy atom. The largest absolute Gasteiger partial charge is 0.493 e. The SMILES string of the molecule is COc1cc(/C=C2\N=C(c3ccccc3F)OC2=O)cc(Br)c1OCc1ccccc1F. The van der Waals surface area contributed by atoms with Gasteiger partial charge in [0.15, 0.2) is 17.2 Å². The summed E-state index contributed by atoms with van der Waals surface area (Å²) in [4.78, 5) is 16.4. The first-order chi connectivity index (χ1) is 15.5. The topological polar surface area (TPSA) is 57.1 Å². The summed E-state index contributed by atoms with van der Waals surface area (Å²) in [6, 6.07) is 15.5. The van der Waals surface area contributed by atoms with Crippen LogP contribution in [0.1, 0.15) is 16.7 Å². The molecule has 162 valence electrons. The van der Waals surface area contributed by atoms with Crippen molar-refractivity contribution in [1.29, 1.82) is 0 Å². The van der Waals surface area contributed by atoms with Gasteiger partial charge in [-0.3, -0.25) is 0 Å². The Balaban J connectivity index is 1.61. The van der Waals surface area contributed by atoms with E-state index in [1.807, 2.05) is 0 Å². The van der Waals surface area contributed by atoms with E-state index in [1.54, 1.807) is 36.4 Å². The van der Waals surface area contributed by atoms with Crippen LogP contribution in [0.25, 0.3) is 6.08 Å². The molecule has 0 N–H and O–H groups in total. The number of esters is 1. The minimum Gasteiger partial charge on any atom is -0.493 e. The minimum absolute atomic E-state index is 0.00465. The molecule has 8 heteroatoms. The summed E-state index contributed by atoms with van der Waals surface area (Å²) in [6.07, 6.45) is 1.49. The third kappa shape index (κ3) is 4.55. The van der Waals surface area contributed by atoms with Gasteiger partial charge in [0, 0.05) is 5.56 Å². The lowest BCUT2D eigenvalue weighted by Crippen LogP contribution is -2.07. The van der Waals surface area contributed by atoms with Crippen LogP contribution in [0.5, 0.6) is 11.5 Å². The van der Waals surface area contributed by atoms with Crippen LogP contribution in [0, 0.1) is 11.6 Å². The van der Waals surface area contributed by atoms with Crippen molar-refractivity contribution >= 4 is 33.9 Å². The number of hydrogen-bond acceptors (Lipinski definition) is 5. The predicted octanol–water partition coefficient (Wildman–Crippen LogP) is 5.66. The van der Waals surface area contributed by atoms with Crippen LogP contribution in [0.15, 0.2) is 75.8 Å². The number of nitrogens with zero attached hydrogens (tertiary/aromatic N) is 1. The average Bonchev–Trinajstić information content (AvgIpc) is 3.14. The van der Waals surface area contributed by atoms with E-state index in [4.69, 9.17) is 14.2 Å². The second-order valence-corrected chi connectivity index (χ2v) is 7.58. The first kappa shape index (κ1) is 21.7. The zero-order chi connectivity index (χ0) is 22.7. The minimum atomic E-state index is -0.696. The van der Waals surface area contributed by atoms with Crippen LogP contribution < -0.4 is 9.47 Å². The fraction of sp³-hybridized carbons (Fsp3) is 0.0833. The Kier molecular flexibility index (Phi) is 6.32. The zero-order valence-corrected chi connectivity index (χ0v) is 18.4. The van der Waals surface area contributed by atoms with E-state index >= 15 is 0 Å². The Morgan fingerprint density at radius 2 is 1.78 bits per heavy atom. The van der Waals surface area contributed by atoms with E-state index in [0.29, 0.717) is 27.1 Å². The maximum absolute atomic E-state index is 14.0. The number of carbonyl (C=O) groups is 1. The number of ether oxygens (including phenoxy) is 3. The van der Waals surface area contributed by atoms with Crippen molar-refractivity contribution in [3.05, 3.63) is 99.2 Å². The summed E-state index contributed by atoms with van der Waals surface area (Å²) in [7, 11) is 1.47. The average molecular weight is 500 g/mol. The van der Waals surface area contributed by atoms with Gasteiger partial charge in [0.25, 0.3) is 0 Å². The Labute approximate surface area is 191 Å². The molecule has 0 bridgehead atoms. The van der Waals surface area contributed by atoms with Gasteiger partial charge in [0.2, 0.25) is 5.90 Å². The first-order valence-corrected chi connectivity index (χ1v) is 10.3. The molecular weight excluding hydrogens is 484 g/mol. The standard InChI is InChI=1S/C24H16BrF2NO4/c1-30-21-12-14(10-17(25)22(21)31-13-15-6-2-4-8-18(15)26)11-20-24(29)32-23(28-20)16-7-3-5-9-19(16)27/h2-12H,13H2,1H3/b20-11-. The molecule has 1 aliphatic heterocycles.